The number of hydrogen-bond donors (Lipinski definition) is 1. The number of carbonyl (C=O) groups is 1. The van der Waals surface area contributed by atoms with Crippen LogP contribution in [0, 0.1) is 6.92 Å². The van der Waals surface area contributed by atoms with Gasteiger partial charge in [-0.3, -0.25) is 19.4 Å². The monoisotopic (exact) mass is 259 g/mol. The van der Waals surface area contributed by atoms with Gasteiger partial charge in [0.15, 0.2) is 0 Å². The van der Waals surface area contributed by atoms with Crippen LogP contribution in [-0.4, -0.2) is 25.7 Å². The third-order valence-electron chi connectivity index (χ3n) is 2.81. The van der Waals surface area contributed by atoms with E-state index in [1.165, 1.54) is 0 Å². The number of aryl methyl sites for hydroxylation is 1. The molecule has 0 saturated heterocycles. The Labute approximate surface area is 111 Å². The van der Waals surface area contributed by atoms with Gasteiger partial charge in [0, 0.05) is 18.6 Å². The molecule has 0 aliphatic heterocycles. The van der Waals surface area contributed by atoms with Crippen molar-refractivity contribution in [3.05, 3.63) is 42.2 Å². The lowest BCUT2D eigenvalue weighted by molar-refractivity contribution is -0.124. The van der Waals surface area contributed by atoms with E-state index >= 15 is 0 Å². The maximum Gasteiger partial charge on any atom is 0.245 e. The van der Waals surface area contributed by atoms with E-state index in [-0.39, 0.29) is 11.9 Å². The fraction of sp³-hybridized carbons (Fsp3) is 0.385. The van der Waals surface area contributed by atoms with E-state index in [1.807, 2.05) is 13.8 Å². The fourth-order valence-corrected chi connectivity index (χ4v) is 1.76. The Hall–Kier alpha value is -2.24. The Kier molecular flexibility index (Phi) is 4.22. The molecular formula is C13H17N5O. The van der Waals surface area contributed by atoms with Crippen molar-refractivity contribution in [2.24, 2.45) is 0 Å². The molecule has 2 rings (SSSR count). The van der Waals surface area contributed by atoms with Crippen LogP contribution in [0.25, 0.3) is 0 Å². The van der Waals surface area contributed by atoms with Crippen molar-refractivity contribution in [3.63, 3.8) is 0 Å². The molecule has 0 aliphatic carbocycles. The SMILES string of the molecule is CC[C@@H](C(=O)NCc1cnc(C)cn1)n1cccn1. The van der Waals surface area contributed by atoms with Gasteiger partial charge >= 0.3 is 0 Å². The van der Waals surface area contributed by atoms with E-state index in [0.29, 0.717) is 13.0 Å². The maximum absolute atomic E-state index is 12.1. The van der Waals surface area contributed by atoms with Crippen LogP contribution in [0.4, 0.5) is 0 Å². The lowest BCUT2D eigenvalue weighted by Gasteiger charge is -2.15. The molecule has 0 fully saturated rings. The molecule has 1 N–H and O–H groups in total. The van der Waals surface area contributed by atoms with E-state index in [1.54, 1.807) is 35.5 Å². The smallest absolute Gasteiger partial charge is 0.245 e. The molecule has 0 radical (unpaired) electrons. The average Bonchev–Trinajstić information content (AvgIpc) is 2.93. The molecule has 6 heteroatoms. The summed E-state index contributed by atoms with van der Waals surface area (Å²) in [6.07, 6.45) is 7.50. The summed E-state index contributed by atoms with van der Waals surface area (Å²) in [4.78, 5) is 20.4. The summed E-state index contributed by atoms with van der Waals surface area (Å²) in [5, 5.41) is 6.96. The third-order valence-corrected chi connectivity index (χ3v) is 2.81. The summed E-state index contributed by atoms with van der Waals surface area (Å²) < 4.78 is 1.66. The highest BCUT2D eigenvalue weighted by atomic mass is 16.2. The van der Waals surface area contributed by atoms with E-state index in [9.17, 15) is 4.79 Å². The molecule has 6 nitrogen and oxygen atoms in total. The lowest BCUT2D eigenvalue weighted by atomic mass is 10.2. The average molecular weight is 259 g/mol. The van der Waals surface area contributed by atoms with Crippen molar-refractivity contribution in [1.82, 2.24) is 25.1 Å². The third kappa shape index (κ3) is 3.37. The van der Waals surface area contributed by atoms with Crippen LogP contribution in [0.3, 0.4) is 0 Å². The van der Waals surface area contributed by atoms with E-state index in [0.717, 1.165) is 11.4 Å². The highest BCUT2D eigenvalue weighted by Gasteiger charge is 2.18. The maximum atomic E-state index is 12.1. The lowest BCUT2D eigenvalue weighted by Crippen LogP contribution is -2.32. The Morgan fingerprint density at radius 1 is 1.42 bits per heavy atom. The Bertz CT molecular complexity index is 520. The number of nitrogens with one attached hydrogen (secondary N) is 1. The van der Waals surface area contributed by atoms with Crippen LogP contribution in [0.1, 0.15) is 30.8 Å². The molecule has 0 unspecified atom stereocenters. The summed E-state index contributed by atoms with van der Waals surface area (Å²) in [5.41, 5.74) is 1.60. The number of aromatic nitrogens is 4. The summed E-state index contributed by atoms with van der Waals surface area (Å²) >= 11 is 0. The van der Waals surface area contributed by atoms with E-state index in [2.05, 4.69) is 20.4 Å². The minimum Gasteiger partial charge on any atom is -0.349 e. The fourth-order valence-electron chi connectivity index (χ4n) is 1.76. The number of nitrogens with zero attached hydrogens (tertiary/aromatic N) is 4. The van der Waals surface area contributed by atoms with Gasteiger partial charge in [0.25, 0.3) is 0 Å². The zero-order valence-corrected chi connectivity index (χ0v) is 11.1. The van der Waals surface area contributed by atoms with Crippen molar-refractivity contribution in [1.29, 1.82) is 0 Å². The number of hydrogen-bond acceptors (Lipinski definition) is 4. The van der Waals surface area contributed by atoms with Gasteiger partial charge in [-0.05, 0) is 19.4 Å². The predicted molar refractivity (Wildman–Crippen MR) is 70.2 cm³/mol. The molecule has 2 aromatic heterocycles. The first kappa shape index (κ1) is 13.2. The number of amides is 1. The molecule has 19 heavy (non-hydrogen) atoms. The van der Waals surface area contributed by atoms with Gasteiger partial charge in [0.1, 0.15) is 6.04 Å². The predicted octanol–water partition coefficient (Wildman–Crippen LogP) is 1.25. The van der Waals surface area contributed by atoms with Gasteiger partial charge in [-0.15, -0.1) is 0 Å². The van der Waals surface area contributed by atoms with Gasteiger partial charge in [-0.1, -0.05) is 6.92 Å². The molecule has 0 aromatic carbocycles. The zero-order valence-electron chi connectivity index (χ0n) is 11.1. The highest BCUT2D eigenvalue weighted by Crippen LogP contribution is 2.09. The summed E-state index contributed by atoms with van der Waals surface area (Å²) in [6, 6.07) is 1.52. The Morgan fingerprint density at radius 2 is 2.26 bits per heavy atom. The largest absolute Gasteiger partial charge is 0.349 e. The van der Waals surface area contributed by atoms with Crippen LogP contribution in [0.2, 0.25) is 0 Å². The molecule has 0 spiro atoms. The van der Waals surface area contributed by atoms with Crippen molar-refractivity contribution in [3.8, 4) is 0 Å². The molecule has 100 valence electrons. The van der Waals surface area contributed by atoms with Crippen LogP contribution in [0.15, 0.2) is 30.9 Å². The molecule has 1 atom stereocenters. The zero-order chi connectivity index (χ0) is 13.7. The second kappa shape index (κ2) is 6.08. The first-order valence-electron chi connectivity index (χ1n) is 6.25. The topological polar surface area (TPSA) is 72.7 Å². The first-order chi connectivity index (χ1) is 9.20. The van der Waals surface area contributed by atoms with Crippen molar-refractivity contribution in [2.75, 3.05) is 0 Å². The molecule has 0 saturated carbocycles. The number of rotatable bonds is 5. The second-order valence-corrected chi connectivity index (χ2v) is 4.28. The molecule has 1 amide bonds. The Morgan fingerprint density at radius 3 is 2.84 bits per heavy atom. The van der Waals surface area contributed by atoms with Crippen molar-refractivity contribution >= 4 is 5.91 Å². The summed E-state index contributed by atoms with van der Waals surface area (Å²) in [7, 11) is 0. The van der Waals surface area contributed by atoms with Gasteiger partial charge < -0.3 is 5.32 Å². The van der Waals surface area contributed by atoms with E-state index in [4.69, 9.17) is 0 Å². The Balaban J connectivity index is 1.95. The van der Waals surface area contributed by atoms with Gasteiger partial charge in [0.2, 0.25) is 5.91 Å². The van der Waals surface area contributed by atoms with Crippen LogP contribution < -0.4 is 5.32 Å². The summed E-state index contributed by atoms with van der Waals surface area (Å²) in [5.74, 6) is -0.0615. The van der Waals surface area contributed by atoms with Crippen LogP contribution in [0.5, 0.6) is 0 Å². The van der Waals surface area contributed by atoms with Gasteiger partial charge in [-0.2, -0.15) is 5.10 Å². The standard InChI is InChI=1S/C13H17N5O/c1-3-12(18-6-4-5-17-18)13(19)16-9-11-8-14-10(2)7-15-11/h4-8,12H,3,9H2,1-2H3,(H,16,19)/t12-/m0/s1. The van der Waals surface area contributed by atoms with Crippen LogP contribution in [-0.2, 0) is 11.3 Å². The normalized spacial score (nSPS) is 12.1. The second-order valence-electron chi connectivity index (χ2n) is 4.28. The van der Waals surface area contributed by atoms with E-state index < -0.39 is 0 Å². The highest BCUT2D eigenvalue weighted by molar-refractivity contribution is 5.80. The van der Waals surface area contributed by atoms with Gasteiger partial charge in [-0.25, -0.2) is 0 Å². The minimum atomic E-state index is -0.284. The molecule has 0 bridgehead atoms. The first-order valence-corrected chi connectivity index (χ1v) is 6.25. The van der Waals surface area contributed by atoms with Crippen molar-refractivity contribution < 1.29 is 4.79 Å². The number of carbonyl (C=O) groups excluding carboxylic acids is 1. The van der Waals surface area contributed by atoms with Crippen LogP contribution >= 0.6 is 0 Å². The van der Waals surface area contributed by atoms with Gasteiger partial charge in [0.05, 0.1) is 24.1 Å². The quantitative estimate of drug-likeness (QED) is 0.877. The molecule has 2 heterocycles. The molecule has 0 aliphatic rings. The molecular weight excluding hydrogens is 242 g/mol. The molecule has 2 aromatic rings. The summed E-state index contributed by atoms with van der Waals surface area (Å²) in [6.45, 7) is 4.21. The minimum absolute atomic E-state index is 0.0615. The van der Waals surface area contributed by atoms with Crippen molar-refractivity contribution in [2.45, 2.75) is 32.9 Å².